The van der Waals surface area contributed by atoms with Gasteiger partial charge in [-0.1, -0.05) is 30.4 Å². The van der Waals surface area contributed by atoms with Crippen LogP contribution in [0.5, 0.6) is 0 Å². The normalized spacial score (nSPS) is 11.2. The van der Waals surface area contributed by atoms with Gasteiger partial charge in [0.05, 0.1) is 30.9 Å². The van der Waals surface area contributed by atoms with Gasteiger partial charge in [-0.15, -0.1) is 0 Å². The number of carbonyl (C=O) groups excluding carboxylic acids is 1. The third-order valence-electron chi connectivity index (χ3n) is 3.34. The quantitative estimate of drug-likeness (QED) is 0.849. The Morgan fingerprint density at radius 3 is 2.76 bits per heavy atom. The van der Waals surface area contributed by atoms with E-state index < -0.39 is 0 Å². The van der Waals surface area contributed by atoms with E-state index in [0.29, 0.717) is 6.42 Å². The predicted molar refractivity (Wildman–Crippen MR) is 89.2 cm³/mol. The highest BCUT2D eigenvalue weighted by atomic mass is 32.1. The molecule has 0 bridgehead atoms. The zero-order valence-electron chi connectivity index (χ0n) is 13.1. The van der Waals surface area contributed by atoms with Crippen LogP contribution in [0.25, 0.3) is 10.2 Å². The van der Waals surface area contributed by atoms with Crippen LogP contribution < -0.4 is 9.80 Å². The molecule has 21 heavy (non-hydrogen) atoms. The number of thiazole rings is 1. The van der Waals surface area contributed by atoms with E-state index in [9.17, 15) is 4.79 Å². The number of nitrogens with one attached hydrogen (secondary N) is 1. The molecule has 2 aromatic rings. The lowest BCUT2D eigenvalue weighted by atomic mass is 10.3. The van der Waals surface area contributed by atoms with Crippen molar-refractivity contribution in [3.63, 3.8) is 0 Å². The van der Waals surface area contributed by atoms with Crippen molar-refractivity contribution in [1.82, 2.24) is 4.98 Å². The maximum Gasteiger partial charge on any atom is 0.228 e. The summed E-state index contributed by atoms with van der Waals surface area (Å²) in [4.78, 5) is 20.3. The first-order valence-electron chi connectivity index (χ1n) is 7.56. The molecule has 1 N–H and O–H groups in total. The van der Waals surface area contributed by atoms with Crippen molar-refractivity contribution >= 4 is 32.6 Å². The van der Waals surface area contributed by atoms with Crippen molar-refractivity contribution in [3.8, 4) is 0 Å². The number of fused-ring (bicyclic) bond motifs is 1. The first kappa shape index (κ1) is 15.9. The molecule has 2 rings (SSSR count). The Hall–Kier alpha value is -1.46. The van der Waals surface area contributed by atoms with Crippen LogP contribution in [0.1, 0.15) is 26.2 Å². The molecule has 114 valence electrons. The SMILES string of the molecule is CCCC(=O)N(CCC[NH+](C)C)c1nc2ccccc2s1. The van der Waals surface area contributed by atoms with Gasteiger partial charge in [-0.3, -0.25) is 9.69 Å². The summed E-state index contributed by atoms with van der Waals surface area (Å²) in [6.45, 7) is 3.85. The third-order valence-corrected chi connectivity index (χ3v) is 4.40. The van der Waals surface area contributed by atoms with E-state index in [1.54, 1.807) is 11.3 Å². The topological polar surface area (TPSA) is 37.6 Å². The molecule has 0 aliphatic rings. The zero-order chi connectivity index (χ0) is 15.2. The summed E-state index contributed by atoms with van der Waals surface area (Å²) in [5.41, 5.74) is 0.977. The molecule has 0 aliphatic heterocycles. The maximum absolute atomic E-state index is 12.4. The molecule has 4 nitrogen and oxygen atoms in total. The molecule has 0 saturated carbocycles. The molecule has 1 heterocycles. The molecule has 0 aliphatic carbocycles. The Bertz CT molecular complexity index is 561. The Labute approximate surface area is 130 Å². The third kappa shape index (κ3) is 4.25. The fraction of sp³-hybridized carbons (Fsp3) is 0.500. The number of aromatic nitrogens is 1. The monoisotopic (exact) mass is 306 g/mol. The van der Waals surface area contributed by atoms with Gasteiger partial charge in [0.1, 0.15) is 0 Å². The van der Waals surface area contributed by atoms with E-state index in [2.05, 4.69) is 25.1 Å². The van der Waals surface area contributed by atoms with E-state index in [-0.39, 0.29) is 5.91 Å². The van der Waals surface area contributed by atoms with Crippen molar-refractivity contribution < 1.29 is 9.69 Å². The number of anilines is 1. The standard InChI is InChI=1S/C16H23N3OS/c1-4-8-15(20)19(12-7-11-18(2)3)16-17-13-9-5-6-10-14(13)21-16/h5-6,9-10H,4,7-8,11-12H2,1-3H3/p+1. The van der Waals surface area contributed by atoms with Crippen LogP contribution in [0.3, 0.4) is 0 Å². The van der Waals surface area contributed by atoms with Gasteiger partial charge in [0.15, 0.2) is 5.13 Å². The second-order valence-corrected chi connectivity index (χ2v) is 6.58. The van der Waals surface area contributed by atoms with Gasteiger partial charge in [-0.25, -0.2) is 4.98 Å². The average molecular weight is 306 g/mol. The Kier molecular flexibility index (Phi) is 5.70. The van der Waals surface area contributed by atoms with Crippen molar-refractivity contribution in [2.24, 2.45) is 0 Å². The van der Waals surface area contributed by atoms with Crippen molar-refractivity contribution in [2.75, 3.05) is 32.1 Å². The number of benzene rings is 1. The molecule has 0 spiro atoms. The average Bonchev–Trinajstić information content (AvgIpc) is 2.86. The smallest absolute Gasteiger partial charge is 0.228 e. The highest BCUT2D eigenvalue weighted by Gasteiger charge is 2.18. The number of nitrogens with zero attached hydrogens (tertiary/aromatic N) is 2. The second-order valence-electron chi connectivity index (χ2n) is 5.57. The van der Waals surface area contributed by atoms with Crippen LogP contribution in [0.4, 0.5) is 5.13 Å². The number of carbonyl (C=O) groups is 1. The van der Waals surface area contributed by atoms with Crippen molar-refractivity contribution in [3.05, 3.63) is 24.3 Å². The van der Waals surface area contributed by atoms with Gasteiger partial charge in [-0.2, -0.15) is 0 Å². The van der Waals surface area contributed by atoms with Crippen LogP contribution in [0.2, 0.25) is 0 Å². The number of quaternary nitrogens is 1. The van der Waals surface area contributed by atoms with Gasteiger partial charge in [0, 0.05) is 19.4 Å². The molecular formula is C16H24N3OS+. The second kappa shape index (κ2) is 7.52. The summed E-state index contributed by atoms with van der Waals surface area (Å²) >= 11 is 1.61. The van der Waals surface area contributed by atoms with Crippen molar-refractivity contribution in [2.45, 2.75) is 26.2 Å². The largest absolute Gasteiger partial charge is 0.340 e. The summed E-state index contributed by atoms with van der Waals surface area (Å²) in [7, 11) is 4.27. The first-order chi connectivity index (χ1) is 10.1. The van der Waals surface area contributed by atoms with Crippen LogP contribution in [0.15, 0.2) is 24.3 Å². The molecule has 0 saturated heterocycles. The van der Waals surface area contributed by atoms with E-state index in [1.807, 2.05) is 30.0 Å². The molecular weight excluding hydrogens is 282 g/mol. The van der Waals surface area contributed by atoms with Crippen LogP contribution in [-0.4, -0.2) is 38.1 Å². The Morgan fingerprint density at radius 2 is 2.10 bits per heavy atom. The first-order valence-corrected chi connectivity index (χ1v) is 8.38. The predicted octanol–water partition coefficient (Wildman–Crippen LogP) is 1.96. The molecule has 5 heteroatoms. The fourth-order valence-corrected chi connectivity index (χ4v) is 3.25. The minimum atomic E-state index is 0.185. The highest BCUT2D eigenvalue weighted by Crippen LogP contribution is 2.29. The molecule has 0 atom stereocenters. The fourth-order valence-electron chi connectivity index (χ4n) is 2.24. The lowest BCUT2D eigenvalue weighted by molar-refractivity contribution is -0.858. The lowest BCUT2D eigenvalue weighted by Crippen LogP contribution is -3.05. The minimum absolute atomic E-state index is 0.185. The number of para-hydroxylation sites is 1. The van der Waals surface area contributed by atoms with E-state index >= 15 is 0 Å². The highest BCUT2D eigenvalue weighted by molar-refractivity contribution is 7.22. The maximum atomic E-state index is 12.4. The molecule has 1 aromatic heterocycles. The Morgan fingerprint density at radius 1 is 1.33 bits per heavy atom. The number of hydrogen-bond donors (Lipinski definition) is 1. The van der Waals surface area contributed by atoms with Crippen LogP contribution in [0, 0.1) is 0 Å². The molecule has 0 fully saturated rings. The minimum Gasteiger partial charge on any atom is -0.340 e. The van der Waals surface area contributed by atoms with E-state index in [4.69, 9.17) is 0 Å². The number of hydrogen-bond acceptors (Lipinski definition) is 3. The number of rotatable bonds is 7. The molecule has 1 amide bonds. The summed E-state index contributed by atoms with van der Waals surface area (Å²) in [6, 6.07) is 8.06. The van der Waals surface area contributed by atoms with Gasteiger partial charge in [0.2, 0.25) is 5.91 Å². The summed E-state index contributed by atoms with van der Waals surface area (Å²) in [5, 5.41) is 0.836. The van der Waals surface area contributed by atoms with Gasteiger partial charge in [-0.05, 0) is 18.6 Å². The number of amides is 1. The summed E-state index contributed by atoms with van der Waals surface area (Å²) in [6.07, 6.45) is 2.46. The van der Waals surface area contributed by atoms with E-state index in [0.717, 1.165) is 41.3 Å². The molecule has 0 unspecified atom stereocenters. The zero-order valence-corrected chi connectivity index (χ0v) is 13.9. The van der Waals surface area contributed by atoms with Crippen molar-refractivity contribution in [1.29, 1.82) is 0 Å². The van der Waals surface area contributed by atoms with Gasteiger partial charge < -0.3 is 4.90 Å². The van der Waals surface area contributed by atoms with Crippen LogP contribution >= 0.6 is 11.3 Å². The summed E-state index contributed by atoms with van der Waals surface area (Å²) in [5.74, 6) is 0.185. The Balaban J connectivity index is 2.18. The lowest BCUT2D eigenvalue weighted by Gasteiger charge is -2.20. The molecule has 0 radical (unpaired) electrons. The van der Waals surface area contributed by atoms with Crippen LogP contribution in [-0.2, 0) is 4.79 Å². The van der Waals surface area contributed by atoms with Gasteiger partial charge >= 0.3 is 0 Å². The van der Waals surface area contributed by atoms with E-state index in [1.165, 1.54) is 4.90 Å². The summed E-state index contributed by atoms with van der Waals surface area (Å²) < 4.78 is 1.14. The molecule has 1 aromatic carbocycles. The van der Waals surface area contributed by atoms with Gasteiger partial charge in [0.25, 0.3) is 0 Å².